The van der Waals surface area contributed by atoms with Gasteiger partial charge >= 0.3 is 0 Å². The molecule has 2 N–H and O–H groups in total. The Bertz CT molecular complexity index is 479. The van der Waals surface area contributed by atoms with Gasteiger partial charge in [-0.2, -0.15) is 0 Å². The largest absolute Gasteiger partial charge is 0.337 e. The van der Waals surface area contributed by atoms with E-state index in [1.54, 1.807) is 11.9 Å². The van der Waals surface area contributed by atoms with E-state index in [1.807, 2.05) is 0 Å². The zero-order chi connectivity index (χ0) is 14.0. The van der Waals surface area contributed by atoms with Crippen LogP contribution in [0.25, 0.3) is 0 Å². The van der Waals surface area contributed by atoms with Crippen LogP contribution in [0, 0.1) is 11.6 Å². The van der Waals surface area contributed by atoms with Crippen LogP contribution in [-0.2, 0) is 0 Å². The Morgan fingerprint density at radius 2 is 1.95 bits per heavy atom. The molecule has 1 saturated carbocycles. The first-order valence-corrected chi connectivity index (χ1v) is 6.48. The summed E-state index contributed by atoms with van der Waals surface area (Å²) in [5.41, 5.74) is 6.17. The highest BCUT2D eigenvalue weighted by Gasteiger charge is 2.29. The summed E-state index contributed by atoms with van der Waals surface area (Å²) in [6.07, 6.45) is 3.85. The van der Waals surface area contributed by atoms with Crippen LogP contribution in [0.2, 0.25) is 0 Å². The van der Waals surface area contributed by atoms with Gasteiger partial charge < -0.3 is 10.6 Å². The lowest BCUT2D eigenvalue weighted by Crippen LogP contribution is -2.50. The summed E-state index contributed by atoms with van der Waals surface area (Å²) < 4.78 is 26.0. The molecule has 1 fully saturated rings. The minimum Gasteiger partial charge on any atom is -0.337 e. The van der Waals surface area contributed by atoms with Gasteiger partial charge in [-0.3, -0.25) is 4.79 Å². The van der Waals surface area contributed by atoms with Crippen molar-refractivity contribution in [1.82, 2.24) is 4.90 Å². The van der Waals surface area contributed by atoms with Crippen molar-refractivity contribution >= 4 is 5.91 Å². The maximum atomic E-state index is 13.2. The van der Waals surface area contributed by atoms with Crippen molar-refractivity contribution in [2.45, 2.75) is 37.8 Å². The molecule has 1 aliphatic carbocycles. The third-order valence-corrected chi connectivity index (χ3v) is 3.77. The number of nitrogens with zero attached hydrogens (tertiary/aromatic N) is 1. The van der Waals surface area contributed by atoms with Gasteiger partial charge in [-0.05, 0) is 31.0 Å². The molecule has 0 radical (unpaired) electrons. The number of likely N-dealkylation sites (N-methyl/N-ethyl adjacent to an activating group) is 1. The molecule has 0 heterocycles. The molecule has 0 spiro atoms. The molecule has 19 heavy (non-hydrogen) atoms. The number of halogens is 2. The minimum atomic E-state index is -1.01. The zero-order valence-electron chi connectivity index (χ0n) is 10.9. The molecule has 0 aliphatic heterocycles. The lowest BCUT2D eigenvalue weighted by Gasteiger charge is -2.36. The highest BCUT2D eigenvalue weighted by atomic mass is 19.2. The van der Waals surface area contributed by atoms with Crippen molar-refractivity contribution in [1.29, 1.82) is 0 Å². The molecule has 5 heteroatoms. The second-order valence-corrected chi connectivity index (χ2v) is 5.06. The van der Waals surface area contributed by atoms with Crippen molar-refractivity contribution in [3.8, 4) is 0 Å². The summed E-state index contributed by atoms with van der Waals surface area (Å²) in [7, 11) is 1.67. The van der Waals surface area contributed by atoms with Gasteiger partial charge in [0.05, 0.1) is 0 Å². The van der Waals surface area contributed by atoms with Gasteiger partial charge in [-0.25, -0.2) is 8.78 Å². The van der Waals surface area contributed by atoms with Crippen LogP contribution in [-0.4, -0.2) is 29.9 Å². The predicted octanol–water partition coefficient (Wildman–Crippen LogP) is 2.31. The van der Waals surface area contributed by atoms with E-state index in [0.717, 1.165) is 37.8 Å². The fraction of sp³-hybridized carbons (Fsp3) is 0.500. The Balaban J connectivity index is 2.15. The highest BCUT2D eigenvalue weighted by Crippen LogP contribution is 2.22. The molecule has 1 aromatic rings. The highest BCUT2D eigenvalue weighted by molar-refractivity contribution is 5.94. The monoisotopic (exact) mass is 268 g/mol. The molecule has 0 aromatic heterocycles. The maximum absolute atomic E-state index is 13.2. The zero-order valence-corrected chi connectivity index (χ0v) is 10.9. The second kappa shape index (κ2) is 5.65. The Morgan fingerprint density at radius 1 is 1.26 bits per heavy atom. The molecular weight excluding hydrogens is 250 g/mol. The van der Waals surface area contributed by atoms with E-state index in [2.05, 4.69) is 0 Å². The van der Waals surface area contributed by atoms with E-state index in [9.17, 15) is 13.6 Å². The minimum absolute atomic E-state index is 0.0330. The number of nitrogens with two attached hydrogens (primary N) is 1. The first-order chi connectivity index (χ1) is 9.00. The summed E-state index contributed by atoms with van der Waals surface area (Å²) >= 11 is 0. The fourth-order valence-electron chi connectivity index (χ4n) is 2.60. The first-order valence-electron chi connectivity index (χ1n) is 6.48. The van der Waals surface area contributed by atoms with Gasteiger partial charge in [0.25, 0.3) is 5.91 Å². The van der Waals surface area contributed by atoms with E-state index in [-0.39, 0.29) is 23.6 Å². The van der Waals surface area contributed by atoms with Crippen LogP contribution < -0.4 is 5.73 Å². The lowest BCUT2D eigenvalue weighted by atomic mass is 9.90. The quantitative estimate of drug-likeness (QED) is 0.894. The van der Waals surface area contributed by atoms with Crippen LogP contribution in [0.5, 0.6) is 0 Å². The molecule has 1 amide bonds. The van der Waals surface area contributed by atoms with Gasteiger partial charge in [0.2, 0.25) is 0 Å². The number of rotatable bonds is 2. The molecule has 0 bridgehead atoms. The van der Waals surface area contributed by atoms with E-state index in [1.165, 1.54) is 6.07 Å². The lowest BCUT2D eigenvalue weighted by molar-refractivity contribution is 0.0671. The van der Waals surface area contributed by atoms with Crippen LogP contribution >= 0.6 is 0 Å². The van der Waals surface area contributed by atoms with Crippen molar-refractivity contribution in [2.24, 2.45) is 5.73 Å². The van der Waals surface area contributed by atoms with Crippen molar-refractivity contribution < 1.29 is 13.6 Å². The smallest absolute Gasteiger partial charge is 0.254 e. The Kier molecular flexibility index (Phi) is 4.14. The normalized spacial score (nSPS) is 23.2. The molecule has 0 saturated heterocycles. The summed E-state index contributed by atoms with van der Waals surface area (Å²) in [4.78, 5) is 13.8. The SMILES string of the molecule is CN(C(=O)c1ccc(F)c(F)c1)C1CCCCC1N. The number of benzene rings is 1. The van der Waals surface area contributed by atoms with E-state index in [4.69, 9.17) is 5.73 Å². The van der Waals surface area contributed by atoms with Crippen molar-refractivity contribution in [3.63, 3.8) is 0 Å². The number of hydrogen-bond acceptors (Lipinski definition) is 2. The number of carbonyl (C=O) groups excluding carboxylic acids is 1. The summed E-state index contributed by atoms with van der Waals surface area (Å²) in [6, 6.07) is 3.12. The van der Waals surface area contributed by atoms with E-state index >= 15 is 0 Å². The molecule has 1 aromatic carbocycles. The Morgan fingerprint density at radius 3 is 2.58 bits per heavy atom. The number of hydrogen-bond donors (Lipinski definition) is 1. The number of carbonyl (C=O) groups is 1. The molecule has 3 nitrogen and oxygen atoms in total. The average Bonchev–Trinajstić information content (AvgIpc) is 2.41. The van der Waals surface area contributed by atoms with Gasteiger partial charge in [0, 0.05) is 24.7 Å². The van der Waals surface area contributed by atoms with Crippen LogP contribution in [0.1, 0.15) is 36.0 Å². The summed E-state index contributed by atoms with van der Waals surface area (Å²) in [5, 5.41) is 0. The molecule has 2 atom stereocenters. The molecule has 104 valence electrons. The average molecular weight is 268 g/mol. The van der Waals surface area contributed by atoms with E-state index < -0.39 is 11.6 Å². The summed E-state index contributed by atoms with van der Waals surface area (Å²) in [6.45, 7) is 0. The van der Waals surface area contributed by atoms with Crippen molar-refractivity contribution in [2.75, 3.05) is 7.05 Å². The molecule has 2 unspecified atom stereocenters. The Labute approximate surface area is 111 Å². The standard InChI is InChI=1S/C14H18F2N2O/c1-18(13-5-3-2-4-12(13)17)14(19)9-6-7-10(15)11(16)8-9/h6-8,12-13H,2-5,17H2,1H3. The van der Waals surface area contributed by atoms with E-state index in [0.29, 0.717) is 0 Å². The van der Waals surface area contributed by atoms with Gasteiger partial charge in [0.15, 0.2) is 11.6 Å². The van der Waals surface area contributed by atoms with Gasteiger partial charge in [-0.1, -0.05) is 12.8 Å². The summed E-state index contributed by atoms with van der Waals surface area (Å²) in [5.74, 6) is -2.28. The Hall–Kier alpha value is -1.49. The first kappa shape index (κ1) is 13.9. The fourth-order valence-corrected chi connectivity index (χ4v) is 2.60. The van der Waals surface area contributed by atoms with Crippen molar-refractivity contribution in [3.05, 3.63) is 35.4 Å². The molecular formula is C14H18F2N2O. The molecule has 1 aliphatic rings. The second-order valence-electron chi connectivity index (χ2n) is 5.06. The maximum Gasteiger partial charge on any atom is 0.254 e. The topological polar surface area (TPSA) is 46.3 Å². The third kappa shape index (κ3) is 2.92. The predicted molar refractivity (Wildman–Crippen MR) is 68.7 cm³/mol. The van der Waals surface area contributed by atoms with Crippen LogP contribution in [0.15, 0.2) is 18.2 Å². The molecule has 2 rings (SSSR count). The third-order valence-electron chi connectivity index (χ3n) is 3.77. The van der Waals surface area contributed by atoms with Crippen LogP contribution in [0.4, 0.5) is 8.78 Å². The number of amides is 1. The van der Waals surface area contributed by atoms with Gasteiger partial charge in [0.1, 0.15) is 0 Å². The van der Waals surface area contributed by atoms with Gasteiger partial charge in [-0.15, -0.1) is 0 Å². The van der Waals surface area contributed by atoms with Crippen LogP contribution in [0.3, 0.4) is 0 Å².